The number of nitrogens with zero attached hydrogens (tertiary/aromatic N) is 1. The molecule has 0 radical (unpaired) electrons. The highest BCUT2D eigenvalue weighted by atomic mass is 32.2. The van der Waals surface area contributed by atoms with Gasteiger partial charge in [0.15, 0.2) is 0 Å². The number of nitrogens with one attached hydrogen (secondary N) is 2. The van der Waals surface area contributed by atoms with Gasteiger partial charge in [-0.15, -0.1) is 11.3 Å². The summed E-state index contributed by atoms with van der Waals surface area (Å²) in [4.78, 5) is 17.0. The number of sulfonamides is 1. The van der Waals surface area contributed by atoms with Crippen LogP contribution in [0.1, 0.15) is 37.7 Å². The average molecular weight is 460 g/mol. The SMILES string of the molecule is CCCS(=O)(=O)Nc1ccc(NC(=O)c2csc(-c3ccc(OC(C)C)cc3)n2)cc1. The Morgan fingerprint density at radius 3 is 2.32 bits per heavy atom. The first-order valence-electron chi connectivity index (χ1n) is 9.90. The second-order valence-corrected chi connectivity index (χ2v) is 9.88. The molecule has 2 N–H and O–H groups in total. The summed E-state index contributed by atoms with van der Waals surface area (Å²) < 4.78 is 31.8. The highest BCUT2D eigenvalue weighted by Crippen LogP contribution is 2.26. The van der Waals surface area contributed by atoms with Crippen LogP contribution < -0.4 is 14.8 Å². The molecule has 1 aromatic heterocycles. The normalized spacial score (nSPS) is 11.4. The van der Waals surface area contributed by atoms with E-state index in [4.69, 9.17) is 4.74 Å². The van der Waals surface area contributed by atoms with E-state index >= 15 is 0 Å². The Hall–Kier alpha value is -2.91. The van der Waals surface area contributed by atoms with Gasteiger partial charge in [-0.05, 0) is 68.8 Å². The summed E-state index contributed by atoms with van der Waals surface area (Å²) in [6, 6.07) is 14.1. The fourth-order valence-electron chi connectivity index (χ4n) is 2.77. The van der Waals surface area contributed by atoms with Gasteiger partial charge in [0.1, 0.15) is 16.5 Å². The maximum absolute atomic E-state index is 12.5. The molecule has 3 aromatic rings. The fraction of sp³-hybridized carbons (Fsp3) is 0.273. The molecule has 0 bridgehead atoms. The molecule has 0 aliphatic rings. The summed E-state index contributed by atoms with van der Waals surface area (Å²) in [6.45, 7) is 5.74. The molecular weight excluding hydrogens is 434 g/mol. The monoisotopic (exact) mass is 459 g/mol. The van der Waals surface area contributed by atoms with Gasteiger partial charge in [0.05, 0.1) is 11.9 Å². The molecule has 0 saturated carbocycles. The molecule has 0 fully saturated rings. The van der Waals surface area contributed by atoms with E-state index in [1.54, 1.807) is 36.6 Å². The molecule has 2 aromatic carbocycles. The van der Waals surface area contributed by atoms with Crippen molar-refractivity contribution >= 4 is 38.6 Å². The van der Waals surface area contributed by atoms with Gasteiger partial charge >= 0.3 is 0 Å². The van der Waals surface area contributed by atoms with Gasteiger partial charge in [-0.2, -0.15) is 0 Å². The second-order valence-electron chi connectivity index (χ2n) is 7.18. The van der Waals surface area contributed by atoms with Crippen LogP contribution in [0.5, 0.6) is 5.75 Å². The van der Waals surface area contributed by atoms with E-state index < -0.39 is 10.0 Å². The summed E-state index contributed by atoms with van der Waals surface area (Å²) in [7, 11) is -3.35. The number of carbonyl (C=O) groups excluding carboxylic acids is 1. The number of hydrogen-bond acceptors (Lipinski definition) is 6. The Bertz CT molecular complexity index is 1120. The van der Waals surface area contributed by atoms with Crippen molar-refractivity contribution in [2.24, 2.45) is 0 Å². The molecule has 7 nitrogen and oxygen atoms in total. The van der Waals surface area contributed by atoms with Crippen LogP contribution in [-0.4, -0.2) is 31.2 Å². The Morgan fingerprint density at radius 2 is 1.71 bits per heavy atom. The van der Waals surface area contributed by atoms with E-state index in [1.807, 2.05) is 38.1 Å². The molecule has 164 valence electrons. The molecule has 9 heteroatoms. The number of benzene rings is 2. The highest BCUT2D eigenvalue weighted by molar-refractivity contribution is 7.92. The van der Waals surface area contributed by atoms with Gasteiger partial charge < -0.3 is 10.1 Å². The van der Waals surface area contributed by atoms with Crippen LogP contribution >= 0.6 is 11.3 Å². The minimum absolute atomic E-state index is 0.0606. The standard InChI is InChI=1S/C22H25N3O4S2/c1-4-13-31(27,28)25-18-9-7-17(8-10-18)23-21(26)20-14-30-22(24-20)16-5-11-19(12-6-16)29-15(2)3/h5-12,14-15,25H,4,13H2,1-3H3,(H,23,26). The van der Waals surface area contributed by atoms with Crippen molar-refractivity contribution in [2.45, 2.75) is 33.3 Å². The summed E-state index contributed by atoms with van der Waals surface area (Å²) in [6.07, 6.45) is 0.640. The number of anilines is 2. The molecule has 0 atom stereocenters. The van der Waals surface area contributed by atoms with E-state index in [9.17, 15) is 13.2 Å². The summed E-state index contributed by atoms with van der Waals surface area (Å²) >= 11 is 1.39. The molecular formula is C22H25N3O4S2. The molecule has 0 aliphatic carbocycles. The topological polar surface area (TPSA) is 97.4 Å². The van der Waals surface area contributed by atoms with Crippen molar-refractivity contribution in [3.05, 3.63) is 59.6 Å². The van der Waals surface area contributed by atoms with Gasteiger partial charge in [-0.1, -0.05) is 6.92 Å². The quantitative estimate of drug-likeness (QED) is 0.469. The van der Waals surface area contributed by atoms with Gasteiger partial charge in [0.25, 0.3) is 5.91 Å². The van der Waals surface area contributed by atoms with E-state index in [1.165, 1.54) is 11.3 Å². The predicted molar refractivity (Wildman–Crippen MR) is 125 cm³/mol. The third-order valence-corrected chi connectivity index (χ3v) is 6.48. The predicted octanol–water partition coefficient (Wildman–Crippen LogP) is 5.00. The Labute approximate surface area is 186 Å². The lowest BCUT2D eigenvalue weighted by molar-refractivity contribution is 0.102. The van der Waals surface area contributed by atoms with Gasteiger partial charge in [-0.25, -0.2) is 13.4 Å². The largest absolute Gasteiger partial charge is 0.491 e. The van der Waals surface area contributed by atoms with Crippen LogP contribution in [0.15, 0.2) is 53.9 Å². The molecule has 0 spiro atoms. The minimum atomic E-state index is -3.35. The van der Waals surface area contributed by atoms with Gasteiger partial charge in [-0.3, -0.25) is 9.52 Å². The number of thiazole rings is 1. The van der Waals surface area contributed by atoms with Gasteiger partial charge in [0.2, 0.25) is 10.0 Å². The summed E-state index contributed by atoms with van der Waals surface area (Å²) in [5, 5.41) is 5.22. The van der Waals surface area contributed by atoms with Crippen LogP contribution in [0.25, 0.3) is 10.6 Å². The Kier molecular flexibility index (Phi) is 7.29. The molecule has 0 unspecified atom stereocenters. The second kappa shape index (κ2) is 9.93. The minimum Gasteiger partial charge on any atom is -0.491 e. The molecule has 3 rings (SSSR count). The summed E-state index contributed by atoms with van der Waals surface area (Å²) in [5.74, 6) is 0.515. The summed E-state index contributed by atoms with van der Waals surface area (Å²) in [5.41, 5.74) is 2.22. The van der Waals surface area contributed by atoms with Crippen molar-refractivity contribution in [3.63, 3.8) is 0 Å². The van der Waals surface area contributed by atoms with Gasteiger partial charge in [0, 0.05) is 22.3 Å². The number of hydrogen-bond donors (Lipinski definition) is 2. The van der Waals surface area contributed by atoms with E-state index in [0.717, 1.165) is 16.3 Å². The number of aromatic nitrogens is 1. The Morgan fingerprint density at radius 1 is 1.06 bits per heavy atom. The molecule has 31 heavy (non-hydrogen) atoms. The van der Waals surface area contributed by atoms with Crippen molar-refractivity contribution in [2.75, 3.05) is 15.8 Å². The van der Waals surface area contributed by atoms with Crippen molar-refractivity contribution in [1.82, 2.24) is 4.98 Å². The van der Waals surface area contributed by atoms with Crippen molar-refractivity contribution in [3.8, 4) is 16.3 Å². The van der Waals surface area contributed by atoms with Crippen LogP contribution in [0.4, 0.5) is 11.4 Å². The van der Waals surface area contributed by atoms with E-state index in [0.29, 0.717) is 23.5 Å². The number of amides is 1. The van der Waals surface area contributed by atoms with E-state index in [2.05, 4.69) is 15.0 Å². The first kappa shape index (κ1) is 22.8. The first-order valence-corrected chi connectivity index (χ1v) is 12.4. The zero-order valence-corrected chi connectivity index (χ0v) is 19.2. The highest BCUT2D eigenvalue weighted by Gasteiger charge is 2.13. The zero-order chi connectivity index (χ0) is 22.4. The molecule has 1 amide bonds. The maximum Gasteiger partial charge on any atom is 0.275 e. The molecule has 0 saturated heterocycles. The zero-order valence-electron chi connectivity index (χ0n) is 17.6. The van der Waals surface area contributed by atoms with Crippen LogP contribution in [0.3, 0.4) is 0 Å². The lowest BCUT2D eigenvalue weighted by Crippen LogP contribution is -2.16. The third kappa shape index (κ3) is 6.53. The molecule has 1 heterocycles. The fourth-order valence-corrected chi connectivity index (χ4v) is 4.72. The third-order valence-electron chi connectivity index (χ3n) is 4.10. The van der Waals surface area contributed by atoms with Crippen molar-refractivity contribution < 1.29 is 17.9 Å². The van der Waals surface area contributed by atoms with Crippen LogP contribution in [0, 0.1) is 0 Å². The molecule has 0 aliphatic heterocycles. The van der Waals surface area contributed by atoms with Crippen LogP contribution in [0.2, 0.25) is 0 Å². The Balaban J connectivity index is 1.63. The number of carbonyl (C=O) groups is 1. The maximum atomic E-state index is 12.5. The first-order chi connectivity index (χ1) is 14.8. The average Bonchev–Trinajstić information content (AvgIpc) is 3.20. The lowest BCUT2D eigenvalue weighted by Gasteiger charge is -2.09. The smallest absolute Gasteiger partial charge is 0.275 e. The van der Waals surface area contributed by atoms with E-state index in [-0.39, 0.29) is 17.8 Å². The van der Waals surface area contributed by atoms with Crippen LogP contribution in [-0.2, 0) is 10.0 Å². The number of rotatable bonds is 9. The lowest BCUT2D eigenvalue weighted by atomic mass is 10.2. The number of ether oxygens (including phenoxy) is 1. The van der Waals surface area contributed by atoms with Crippen molar-refractivity contribution in [1.29, 1.82) is 0 Å².